The summed E-state index contributed by atoms with van der Waals surface area (Å²) in [6.45, 7) is 5.66. The molecule has 0 spiro atoms. The molecule has 2 nitrogen and oxygen atoms in total. The number of carbonyl (C=O) groups is 1. The minimum Gasteiger partial charge on any atom is -0.316 e. The van der Waals surface area contributed by atoms with Crippen molar-refractivity contribution in [2.75, 3.05) is 13.1 Å². The molecule has 2 aromatic rings. The molecule has 0 aliphatic rings. The maximum Gasteiger partial charge on any atom is 0.167 e. The van der Waals surface area contributed by atoms with Crippen molar-refractivity contribution in [3.05, 3.63) is 48.0 Å². The lowest BCUT2D eigenvalue weighted by Crippen LogP contribution is -2.26. The number of benzene rings is 2. The molecule has 0 aliphatic heterocycles. The van der Waals surface area contributed by atoms with E-state index in [0.717, 1.165) is 29.4 Å². The Bertz CT molecular complexity index is 542. The number of ketones is 1. The highest BCUT2D eigenvalue weighted by atomic mass is 16.1. The number of fused-ring (bicyclic) bond motifs is 1. The molecule has 2 rings (SSSR count). The molecule has 0 bridgehead atoms. The van der Waals surface area contributed by atoms with Crippen LogP contribution in [0.15, 0.2) is 42.5 Å². The van der Waals surface area contributed by atoms with Crippen LogP contribution in [0.25, 0.3) is 10.8 Å². The van der Waals surface area contributed by atoms with E-state index < -0.39 is 0 Å². The van der Waals surface area contributed by atoms with E-state index in [9.17, 15) is 4.79 Å². The fourth-order valence-corrected chi connectivity index (χ4v) is 2.16. The minimum absolute atomic E-state index is 0.00996. The van der Waals surface area contributed by atoms with Gasteiger partial charge in [0.15, 0.2) is 5.78 Å². The maximum absolute atomic E-state index is 12.4. The standard InChI is InChI=1S/C16H19NO/c1-3-17-11-12(2)16(18)15-10-6-8-13-7-4-5-9-14(13)15/h4-10,12,17H,3,11H2,1-2H3. The third-order valence-corrected chi connectivity index (χ3v) is 3.20. The zero-order valence-corrected chi connectivity index (χ0v) is 10.9. The van der Waals surface area contributed by atoms with Crippen LogP contribution >= 0.6 is 0 Å². The van der Waals surface area contributed by atoms with E-state index in [1.54, 1.807) is 0 Å². The molecule has 0 amide bonds. The largest absolute Gasteiger partial charge is 0.316 e. The van der Waals surface area contributed by atoms with Crippen molar-refractivity contribution in [3.63, 3.8) is 0 Å². The molecule has 0 saturated heterocycles. The van der Waals surface area contributed by atoms with Crippen LogP contribution in [0.5, 0.6) is 0 Å². The van der Waals surface area contributed by atoms with Crippen LogP contribution in [0.4, 0.5) is 0 Å². The molecule has 2 aromatic carbocycles. The Morgan fingerprint density at radius 3 is 2.67 bits per heavy atom. The summed E-state index contributed by atoms with van der Waals surface area (Å²) in [5, 5.41) is 5.40. The predicted molar refractivity (Wildman–Crippen MR) is 76.0 cm³/mol. The maximum atomic E-state index is 12.4. The normalized spacial score (nSPS) is 12.6. The van der Waals surface area contributed by atoms with Gasteiger partial charge in [0.25, 0.3) is 0 Å². The zero-order valence-electron chi connectivity index (χ0n) is 10.9. The molecule has 0 radical (unpaired) electrons. The first-order valence-corrected chi connectivity index (χ1v) is 6.46. The van der Waals surface area contributed by atoms with Crippen LogP contribution in [-0.4, -0.2) is 18.9 Å². The van der Waals surface area contributed by atoms with E-state index in [4.69, 9.17) is 0 Å². The van der Waals surface area contributed by atoms with Gasteiger partial charge in [0.1, 0.15) is 0 Å². The van der Waals surface area contributed by atoms with Crippen LogP contribution in [-0.2, 0) is 0 Å². The predicted octanol–water partition coefficient (Wildman–Crippen LogP) is 3.27. The van der Waals surface area contributed by atoms with E-state index in [1.807, 2.05) is 49.4 Å². The molecule has 0 aromatic heterocycles. The molecule has 2 heteroatoms. The van der Waals surface area contributed by atoms with Crippen molar-refractivity contribution in [3.8, 4) is 0 Å². The van der Waals surface area contributed by atoms with Gasteiger partial charge in [-0.1, -0.05) is 56.3 Å². The van der Waals surface area contributed by atoms with Gasteiger partial charge in [-0.2, -0.15) is 0 Å². The second kappa shape index (κ2) is 5.78. The van der Waals surface area contributed by atoms with Crippen molar-refractivity contribution >= 4 is 16.6 Å². The summed E-state index contributed by atoms with van der Waals surface area (Å²) in [7, 11) is 0. The molecule has 0 heterocycles. The summed E-state index contributed by atoms with van der Waals surface area (Å²) in [5.74, 6) is 0.225. The van der Waals surface area contributed by atoms with Gasteiger partial charge in [-0.15, -0.1) is 0 Å². The summed E-state index contributed by atoms with van der Waals surface area (Å²) in [5.41, 5.74) is 0.832. The summed E-state index contributed by atoms with van der Waals surface area (Å²) >= 11 is 0. The van der Waals surface area contributed by atoms with Gasteiger partial charge in [-0.05, 0) is 17.3 Å². The highest BCUT2D eigenvalue weighted by Gasteiger charge is 2.16. The summed E-state index contributed by atoms with van der Waals surface area (Å²) < 4.78 is 0. The number of Topliss-reactive ketones (excluding diaryl/α,β-unsaturated/α-hetero) is 1. The minimum atomic E-state index is 0.00996. The van der Waals surface area contributed by atoms with Crippen molar-refractivity contribution in [2.24, 2.45) is 5.92 Å². The van der Waals surface area contributed by atoms with Gasteiger partial charge in [0, 0.05) is 18.0 Å². The van der Waals surface area contributed by atoms with Gasteiger partial charge in [0.2, 0.25) is 0 Å². The molecule has 1 atom stereocenters. The Morgan fingerprint density at radius 2 is 1.89 bits per heavy atom. The lowest BCUT2D eigenvalue weighted by Gasteiger charge is -2.12. The number of rotatable bonds is 5. The fraction of sp³-hybridized carbons (Fsp3) is 0.312. The molecule has 0 saturated carbocycles. The van der Waals surface area contributed by atoms with Gasteiger partial charge in [0.05, 0.1) is 0 Å². The van der Waals surface area contributed by atoms with Crippen molar-refractivity contribution in [1.29, 1.82) is 0 Å². The average Bonchev–Trinajstić information content (AvgIpc) is 2.43. The summed E-state index contributed by atoms with van der Waals surface area (Å²) in [6, 6.07) is 14.0. The topological polar surface area (TPSA) is 29.1 Å². The van der Waals surface area contributed by atoms with Gasteiger partial charge in [-0.3, -0.25) is 4.79 Å². The molecular formula is C16H19NO. The molecule has 1 unspecified atom stereocenters. The van der Waals surface area contributed by atoms with E-state index in [0.29, 0.717) is 0 Å². The Hall–Kier alpha value is -1.67. The third-order valence-electron chi connectivity index (χ3n) is 3.20. The second-order valence-electron chi connectivity index (χ2n) is 4.60. The van der Waals surface area contributed by atoms with Gasteiger partial charge >= 0.3 is 0 Å². The van der Waals surface area contributed by atoms with Crippen LogP contribution in [0.1, 0.15) is 24.2 Å². The third kappa shape index (κ3) is 2.59. The van der Waals surface area contributed by atoms with Crippen molar-refractivity contribution in [1.82, 2.24) is 5.32 Å². The van der Waals surface area contributed by atoms with Crippen molar-refractivity contribution < 1.29 is 4.79 Å². The quantitative estimate of drug-likeness (QED) is 0.814. The highest BCUT2D eigenvalue weighted by molar-refractivity contribution is 6.09. The van der Waals surface area contributed by atoms with E-state index in [1.165, 1.54) is 0 Å². The fourth-order valence-electron chi connectivity index (χ4n) is 2.16. The number of hydrogen-bond donors (Lipinski definition) is 1. The Balaban J connectivity index is 2.33. The lowest BCUT2D eigenvalue weighted by atomic mass is 9.94. The molecule has 0 fully saturated rings. The second-order valence-corrected chi connectivity index (χ2v) is 4.60. The Labute approximate surface area is 108 Å². The van der Waals surface area contributed by atoms with Crippen molar-refractivity contribution in [2.45, 2.75) is 13.8 Å². The van der Waals surface area contributed by atoms with Crippen LogP contribution < -0.4 is 5.32 Å². The van der Waals surface area contributed by atoms with E-state index >= 15 is 0 Å². The first-order valence-electron chi connectivity index (χ1n) is 6.46. The van der Waals surface area contributed by atoms with Crippen LogP contribution in [0, 0.1) is 5.92 Å². The van der Waals surface area contributed by atoms with E-state index in [-0.39, 0.29) is 11.7 Å². The summed E-state index contributed by atoms with van der Waals surface area (Å²) in [4.78, 5) is 12.4. The molecule has 0 aliphatic carbocycles. The lowest BCUT2D eigenvalue weighted by molar-refractivity contribution is 0.0931. The average molecular weight is 241 g/mol. The van der Waals surface area contributed by atoms with Crippen LogP contribution in [0.3, 0.4) is 0 Å². The number of nitrogens with one attached hydrogen (secondary N) is 1. The highest BCUT2D eigenvalue weighted by Crippen LogP contribution is 2.21. The number of carbonyl (C=O) groups excluding carboxylic acids is 1. The zero-order chi connectivity index (χ0) is 13.0. The van der Waals surface area contributed by atoms with E-state index in [2.05, 4.69) is 12.2 Å². The molecule has 1 N–H and O–H groups in total. The summed E-state index contributed by atoms with van der Waals surface area (Å²) in [6.07, 6.45) is 0. The smallest absolute Gasteiger partial charge is 0.167 e. The Kier molecular flexibility index (Phi) is 4.11. The SMILES string of the molecule is CCNCC(C)C(=O)c1cccc2ccccc12. The monoisotopic (exact) mass is 241 g/mol. The molecule has 18 heavy (non-hydrogen) atoms. The molecule has 94 valence electrons. The van der Waals surface area contributed by atoms with Gasteiger partial charge in [-0.25, -0.2) is 0 Å². The molecular weight excluding hydrogens is 222 g/mol. The first-order chi connectivity index (χ1) is 8.74. The number of hydrogen-bond acceptors (Lipinski definition) is 2. The van der Waals surface area contributed by atoms with Gasteiger partial charge < -0.3 is 5.32 Å². The Morgan fingerprint density at radius 1 is 1.17 bits per heavy atom. The first kappa shape index (κ1) is 12.8. The van der Waals surface area contributed by atoms with Crippen LogP contribution in [0.2, 0.25) is 0 Å².